The van der Waals surface area contributed by atoms with Gasteiger partial charge in [-0.25, -0.2) is 4.79 Å². The normalized spacial score (nSPS) is 17.4. The summed E-state index contributed by atoms with van der Waals surface area (Å²) in [4.78, 5) is 27.1. The second-order valence-electron chi connectivity index (χ2n) is 7.30. The molecule has 1 aliphatic rings. The van der Waals surface area contributed by atoms with Crippen LogP contribution in [0.3, 0.4) is 0 Å². The number of hydrogen-bond acceptors (Lipinski definition) is 4. The van der Waals surface area contributed by atoms with Gasteiger partial charge in [0.15, 0.2) is 0 Å². The average Bonchev–Trinajstić information content (AvgIpc) is 3.06. The second-order valence-corrected chi connectivity index (χ2v) is 7.30. The lowest BCUT2D eigenvalue weighted by molar-refractivity contribution is -0.308. The summed E-state index contributed by atoms with van der Waals surface area (Å²) < 4.78 is 81.5. The van der Waals surface area contributed by atoms with Crippen LogP contribution in [0.15, 0.2) is 12.4 Å². The number of aryl methyl sites for hydroxylation is 1. The fraction of sp³-hybridized carbons (Fsp3) is 0.722. The van der Waals surface area contributed by atoms with Gasteiger partial charge in [0.25, 0.3) is 12.0 Å². The van der Waals surface area contributed by atoms with E-state index in [9.17, 15) is 35.9 Å². The smallest absolute Gasteiger partial charge is 0.426 e. The molecule has 0 spiro atoms. The number of rotatable bonds is 2. The van der Waals surface area contributed by atoms with Gasteiger partial charge >= 0.3 is 18.4 Å². The van der Waals surface area contributed by atoms with Crippen LogP contribution in [0.2, 0.25) is 0 Å². The minimum Gasteiger partial charge on any atom is -0.426 e. The van der Waals surface area contributed by atoms with E-state index in [0.29, 0.717) is 37.8 Å². The van der Waals surface area contributed by atoms with E-state index in [2.05, 4.69) is 9.84 Å². The minimum absolute atomic E-state index is 0.0299. The van der Waals surface area contributed by atoms with Crippen LogP contribution in [0.4, 0.5) is 31.1 Å². The first-order valence-electron chi connectivity index (χ1n) is 9.76. The van der Waals surface area contributed by atoms with Gasteiger partial charge in [0.05, 0.1) is 11.8 Å². The van der Waals surface area contributed by atoms with Crippen molar-refractivity contribution in [3.63, 3.8) is 0 Å². The van der Waals surface area contributed by atoms with E-state index in [1.54, 1.807) is 18.1 Å². The molecule has 2 amide bonds. The highest BCUT2D eigenvalue weighted by atomic mass is 19.4. The molecule has 1 aromatic heterocycles. The van der Waals surface area contributed by atoms with E-state index >= 15 is 0 Å². The molecule has 176 valence electrons. The molecule has 7 nitrogen and oxygen atoms in total. The number of ether oxygens (including phenoxy) is 1. The number of aromatic nitrogens is 2. The van der Waals surface area contributed by atoms with Crippen molar-refractivity contribution in [3.8, 4) is 0 Å². The lowest BCUT2D eigenvalue weighted by Crippen LogP contribution is -2.48. The maximum Gasteiger partial charge on any atom is 0.434 e. The molecule has 1 saturated heterocycles. The largest absolute Gasteiger partial charge is 0.434 e. The summed E-state index contributed by atoms with van der Waals surface area (Å²) >= 11 is 0. The molecule has 0 N–H and O–H groups in total. The molecule has 31 heavy (non-hydrogen) atoms. The lowest BCUT2D eigenvalue weighted by atomic mass is 10.2. The zero-order chi connectivity index (χ0) is 23.2. The molecule has 0 radical (unpaired) electrons. The Morgan fingerprint density at radius 2 is 1.42 bits per heavy atom. The van der Waals surface area contributed by atoms with Crippen molar-refractivity contribution in [1.29, 1.82) is 0 Å². The zero-order valence-corrected chi connectivity index (χ0v) is 16.9. The van der Waals surface area contributed by atoms with Gasteiger partial charge in [-0.1, -0.05) is 12.8 Å². The summed E-state index contributed by atoms with van der Waals surface area (Å²) in [6.45, 7) is 0.456. The third kappa shape index (κ3) is 7.31. The van der Waals surface area contributed by atoms with Gasteiger partial charge < -0.3 is 14.5 Å². The zero-order valence-electron chi connectivity index (χ0n) is 16.9. The van der Waals surface area contributed by atoms with Crippen LogP contribution in [0.1, 0.15) is 42.5 Å². The second kappa shape index (κ2) is 10.2. The molecule has 0 atom stereocenters. The van der Waals surface area contributed by atoms with Gasteiger partial charge in [0, 0.05) is 39.4 Å². The highest BCUT2D eigenvalue weighted by Gasteiger charge is 2.60. The molecule has 2 rings (SSSR count). The summed E-state index contributed by atoms with van der Waals surface area (Å²) in [5.41, 5.74) is 0.367. The van der Waals surface area contributed by atoms with Gasteiger partial charge in [0.1, 0.15) is 0 Å². The maximum atomic E-state index is 12.7. The summed E-state index contributed by atoms with van der Waals surface area (Å²) in [7, 11) is 1.66. The molecule has 1 aliphatic heterocycles. The quantitative estimate of drug-likeness (QED) is 0.633. The number of alkyl halides is 6. The summed E-state index contributed by atoms with van der Waals surface area (Å²) in [6, 6.07) is 0. The van der Waals surface area contributed by atoms with E-state index in [1.165, 1.54) is 10.9 Å². The number of halogens is 6. The van der Waals surface area contributed by atoms with Crippen LogP contribution in [0.25, 0.3) is 0 Å². The molecule has 2 heterocycles. The fourth-order valence-corrected chi connectivity index (χ4v) is 3.23. The maximum absolute atomic E-state index is 12.7. The molecule has 13 heteroatoms. The number of amides is 2. The molecule has 0 unspecified atom stereocenters. The Balaban J connectivity index is 2.05. The molecule has 0 bridgehead atoms. The van der Waals surface area contributed by atoms with Gasteiger partial charge in [-0.15, -0.1) is 0 Å². The third-order valence-corrected chi connectivity index (χ3v) is 4.77. The summed E-state index contributed by atoms with van der Waals surface area (Å²) in [5, 5.41) is 3.94. The molecular formula is C18H24F6N4O3. The van der Waals surface area contributed by atoms with Crippen LogP contribution < -0.4 is 0 Å². The van der Waals surface area contributed by atoms with Crippen molar-refractivity contribution in [3.05, 3.63) is 18.0 Å². The van der Waals surface area contributed by atoms with Crippen LogP contribution in [0, 0.1) is 0 Å². The van der Waals surface area contributed by atoms with Crippen molar-refractivity contribution >= 4 is 12.0 Å². The first-order valence-corrected chi connectivity index (χ1v) is 9.76. The fourth-order valence-electron chi connectivity index (χ4n) is 3.23. The van der Waals surface area contributed by atoms with Gasteiger partial charge in [-0.3, -0.25) is 9.48 Å². The Labute approximate surface area is 174 Å². The SMILES string of the molecule is Cn1cc(C(=O)N2CCCCCCN(C(=O)OC(C(F)(F)F)C(F)(F)F)CCC2)cn1. The molecule has 0 aromatic carbocycles. The van der Waals surface area contributed by atoms with Crippen LogP contribution in [0.5, 0.6) is 0 Å². The lowest BCUT2D eigenvalue weighted by Gasteiger charge is -2.28. The molecular weight excluding hydrogens is 434 g/mol. The molecule has 0 saturated carbocycles. The monoisotopic (exact) mass is 458 g/mol. The Morgan fingerprint density at radius 1 is 0.903 bits per heavy atom. The molecule has 1 aromatic rings. The predicted octanol–water partition coefficient (Wildman–Crippen LogP) is 3.76. The first kappa shape index (κ1) is 24.8. The number of nitrogens with zero attached hydrogens (tertiary/aromatic N) is 4. The van der Waals surface area contributed by atoms with Crippen LogP contribution in [-0.4, -0.2) is 76.2 Å². The van der Waals surface area contributed by atoms with Crippen molar-refractivity contribution in [2.45, 2.75) is 50.6 Å². The van der Waals surface area contributed by atoms with E-state index in [-0.39, 0.29) is 32.0 Å². The van der Waals surface area contributed by atoms with E-state index in [4.69, 9.17) is 0 Å². The topological polar surface area (TPSA) is 67.7 Å². The number of hydrogen-bond donors (Lipinski definition) is 0. The van der Waals surface area contributed by atoms with Crippen LogP contribution >= 0.6 is 0 Å². The highest BCUT2D eigenvalue weighted by molar-refractivity contribution is 5.93. The van der Waals surface area contributed by atoms with Crippen molar-refractivity contribution in [2.24, 2.45) is 7.05 Å². The van der Waals surface area contributed by atoms with E-state index in [0.717, 1.165) is 4.90 Å². The summed E-state index contributed by atoms with van der Waals surface area (Å²) in [5.74, 6) is -0.282. The standard InChI is InChI=1S/C18H24F6N4O3/c1-26-12-13(11-25-26)14(29)27-7-4-2-3-5-8-28(10-6-9-27)16(30)31-15(17(19,20)21)18(22,23)24/h11-12,15H,2-10H2,1H3. The van der Waals surface area contributed by atoms with Gasteiger partial charge in [0.2, 0.25) is 0 Å². The minimum atomic E-state index is -5.77. The van der Waals surface area contributed by atoms with E-state index in [1.807, 2.05) is 0 Å². The van der Waals surface area contributed by atoms with Crippen molar-refractivity contribution in [1.82, 2.24) is 19.6 Å². The number of carbonyl (C=O) groups is 2. The molecule has 0 aliphatic carbocycles. The highest BCUT2D eigenvalue weighted by Crippen LogP contribution is 2.36. The Bertz CT molecular complexity index is 735. The van der Waals surface area contributed by atoms with E-state index < -0.39 is 24.5 Å². The van der Waals surface area contributed by atoms with Crippen molar-refractivity contribution < 1.29 is 40.7 Å². The predicted molar refractivity (Wildman–Crippen MR) is 96.1 cm³/mol. The van der Waals surface area contributed by atoms with Crippen LogP contribution in [-0.2, 0) is 11.8 Å². The summed E-state index contributed by atoms with van der Waals surface area (Å²) in [6.07, 6.45) is -11.9. The number of carbonyl (C=O) groups excluding carboxylic acids is 2. The molecule has 1 fully saturated rings. The van der Waals surface area contributed by atoms with Gasteiger partial charge in [-0.05, 0) is 19.3 Å². The van der Waals surface area contributed by atoms with Gasteiger partial charge in [-0.2, -0.15) is 31.4 Å². The average molecular weight is 458 g/mol. The Kier molecular flexibility index (Phi) is 8.18. The Morgan fingerprint density at radius 3 is 1.94 bits per heavy atom. The third-order valence-electron chi connectivity index (χ3n) is 4.77. The first-order chi connectivity index (χ1) is 14.4. The Hall–Kier alpha value is -2.47. The van der Waals surface area contributed by atoms with Crippen molar-refractivity contribution in [2.75, 3.05) is 26.2 Å².